The molecule has 3 nitrogen and oxygen atoms in total. The van der Waals surface area contributed by atoms with Gasteiger partial charge in [-0.05, 0) is 39.9 Å². The minimum atomic E-state index is -5.76. The lowest BCUT2D eigenvalue weighted by atomic mass is 9.94. The largest absolute Gasteiger partial charge is 0.534 e. The highest BCUT2D eigenvalue weighted by Crippen LogP contribution is 2.44. The summed E-state index contributed by atoms with van der Waals surface area (Å²) in [6.07, 6.45) is 1.65. The lowest BCUT2D eigenvalue weighted by Gasteiger charge is -2.17. The van der Waals surface area contributed by atoms with Crippen molar-refractivity contribution in [2.45, 2.75) is 10.4 Å². The Morgan fingerprint density at radius 2 is 1.54 bits per heavy atom. The number of hydrogen-bond acceptors (Lipinski definition) is 4. The Balaban J connectivity index is 2.12. The van der Waals surface area contributed by atoms with E-state index in [1.807, 2.05) is 30.3 Å². The summed E-state index contributed by atoms with van der Waals surface area (Å²) in [5.41, 5.74) is -5.49. The van der Waals surface area contributed by atoms with E-state index in [1.54, 1.807) is 24.5 Å². The molecule has 4 aromatic carbocycles. The molecule has 0 bridgehead atoms. The average molecular weight is 396 g/mol. The van der Waals surface area contributed by atoms with E-state index in [9.17, 15) is 21.6 Å². The molecule has 0 fully saturated rings. The van der Waals surface area contributed by atoms with Crippen LogP contribution in [0.5, 0.6) is 5.75 Å². The summed E-state index contributed by atoms with van der Waals surface area (Å²) in [5.74, 6) is -0.291. The Hall–Kier alpha value is -2.19. The van der Waals surface area contributed by atoms with Gasteiger partial charge in [-0.25, -0.2) is 0 Å². The third kappa shape index (κ3) is 2.47. The van der Waals surface area contributed by atoms with Crippen LogP contribution in [0.15, 0.2) is 53.4 Å². The summed E-state index contributed by atoms with van der Waals surface area (Å²) < 4.78 is 66.3. The van der Waals surface area contributed by atoms with Gasteiger partial charge in [-0.1, -0.05) is 36.4 Å². The zero-order valence-electron chi connectivity index (χ0n) is 13.3. The number of alkyl halides is 3. The van der Waals surface area contributed by atoms with E-state index in [0.29, 0.717) is 15.7 Å². The van der Waals surface area contributed by atoms with E-state index in [0.717, 1.165) is 33.3 Å². The van der Waals surface area contributed by atoms with Gasteiger partial charge >= 0.3 is 15.6 Å². The Labute approximate surface area is 151 Å². The average Bonchev–Trinajstić information content (AvgIpc) is 2.59. The van der Waals surface area contributed by atoms with E-state index in [-0.39, 0.29) is 5.75 Å². The van der Waals surface area contributed by atoms with Crippen molar-refractivity contribution in [3.63, 3.8) is 0 Å². The molecule has 0 heterocycles. The summed E-state index contributed by atoms with van der Waals surface area (Å²) in [5, 5.41) is 4.54. The van der Waals surface area contributed by atoms with Gasteiger partial charge in [0.1, 0.15) is 0 Å². The van der Waals surface area contributed by atoms with Gasteiger partial charge < -0.3 is 4.18 Å². The molecule has 0 aliphatic heterocycles. The molecule has 0 saturated carbocycles. The van der Waals surface area contributed by atoms with Crippen LogP contribution in [-0.2, 0) is 10.1 Å². The molecule has 0 aliphatic rings. The summed E-state index contributed by atoms with van der Waals surface area (Å²) >= 11 is 1.13. The Bertz CT molecular complexity index is 1230. The normalized spacial score (nSPS) is 13.1. The first kappa shape index (κ1) is 17.2. The molecule has 0 amide bonds. The van der Waals surface area contributed by atoms with E-state index in [1.165, 1.54) is 0 Å². The van der Waals surface area contributed by atoms with E-state index >= 15 is 0 Å². The molecule has 4 aromatic rings. The number of thioether (sulfide) groups is 1. The van der Waals surface area contributed by atoms with Crippen molar-refractivity contribution in [2.24, 2.45) is 0 Å². The molecule has 0 aliphatic carbocycles. The maximum Gasteiger partial charge on any atom is 0.534 e. The van der Waals surface area contributed by atoms with Crippen molar-refractivity contribution < 1.29 is 25.8 Å². The molecule has 0 atom stereocenters. The van der Waals surface area contributed by atoms with Crippen molar-refractivity contribution in [3.8, 4) is 5.75 Å². The predicted octanol–water partition coefficient (Wildman–Crippen LogP) is 5.53. The number of benzene rings is 4. The third-order valence-electron chi connectivity index (χ3n) is 4.26. The van der Waals surface area contributed by atoms with Gasteiger partial charge in [-0.15, -0.1) is 11.8 Å². The van der Waals surface area contributed by atoms with Gasteiger partial charge in [-0.3, -0.25) is 0 Å². The molecule has 134 valence electrons. The molecular weight excluding hydrogens is 385 g/mol. The molecule has 0 N–H and O–H groups in total. The van der Waals surface area contributed by atoms with Gasteiger partial charge in [-0.2, -0.15) is 21.6 Å². The van der Waals surface area contributed by atoms with Gasteiger partial charge in [0.15, 0.2) is 5.75 Å². The van der Waals surface area contributed by atoms with Crippen LogP contribution < -0.4 is 4.18 Å². The number of rotatable bonds is 3. The van der Waals surface area contributed by atoms with E-state index in [4.69, 9.17) is 0 Å². The minimum absolute atomic E-state index is 0.291. The Morgan fingerprint density at radius 1 is 0.923 bits per heavy atom. The van der Waals surface area contributed by atoms with Crippen molar-refractivity contribution in [2.75, 3.05) is 6.26 Å². The molecule has 0 radical (unpaired) electrons. The highest BCUT2D eigenvalue weighted by Gasteiger charge is 2.49. The second-order valence-corrected chi connectivity index (χ2v) is 8.13. The summed E-state index contributed by atoms with van der Waals surface area (Å²) in [6, 6.07) is 14.5. The summed E-state index contributed by atoms with van der Waals surface area (Å²) in [4.78, 5) is 0.323. The molecule has 0 spiro atoms. The van der Waals surface area contributed by atoms with Crippen molar-refractivity contribution in [3.05, 3.63) is 48.5 Å². The predicted molar refractivity (Wildman–Crippen MR) is 97.5 cm³/mol. The quantitative estimate of drug-likeness (QED) is 0.198. The maximum atomic E-state index is 12.8. The monoisotopic (exact) mass is 396 g/mol. The first-order chi connectivity index (χ1) is 12.2. The zero-order valence-corrected chi connectivity index (χ0v) is 14.9. The highest BCUT2D eigenvalue weighted by molar-refractivity contribution is 7.98. The molecular formula is C18H11F3O3S2. The fourth-order valence-corrected chi connectivity index (χ4v) is 4.28. The lowest BCUT2D eigenvalue weighted by Crippen LogP contribution is -2.28. The van der Waals surface area contributed by atoms with E-state index < -0.39 is 15.6 Å². The highest BCUT2D eigenvalue weighted by atomic mass is 32.2. The second-order valence-electron chi connectivity index (χ2n) is 5.75. The van der Waals surface area contributed by atoms with Gasteiger partial charge in [0, 0.05) is 10.8 Å². The van der Waals surface area contributed by atoms with Gasteiger partial charge in [0.05, 0.1) is 4.90 Å². The molecule has 0 saturated heterocycles. The molecule has 0 aromatic heterocycles. The Morgan fingerprint density at radius 3 is 2.15 bits per heavy atom. The molecule has 26 heavy (non-hydrogen) atoms. The van der Waals surface area contributed by atoms with Crippen LogP contribution in [0.1, 0.15) is 0 Å². The first-order valence-corrected chi connectivity index (χ1v) is 10.1. The maximum absolute atomic E-state index is 12.8. The number of halogens is 3. The van der Waals surface area contributed by atoms with Crippen LogP contribution >= 0.6 is 11.8 Å². The second kappa shape index (κ2) is 5.65. The van der Waals surface area contributed by atoms with Crippen molar-refractivity contribution >= 4 is 54.2 Å². The van der Waals surface area contributed by atoms with E-state index in [2.05, 4.69) is 4.18 Å². The Kier molecular flexibility index (Phi) is 3.75. The molecule has 0 unspecified atom stereocenters. The zero-order chi connectivity index (χ0) is 18.7. The van der Waals surface area contributed by atoms with Gasteiger partial charge in [0.25, 0.3) is 0 Å². The van der Waals surface area contributed by atoms with Crippen molar-refractivity contribution in [1.29, 1.82) is 0 Å². The summed E-state index contributed by atoms with van der Waals surface area (Å²) in [7, 11) is -5.76. The smallest absolute Gasteiger partial charge is 0.374 e. The lowest BCUT2D eigenvalue weighted by molar-refractivity contribution is -0.0500. The fraction of sp³-hybridized carbons (Fsp3) is 0.111. The first-order valence-electron chi connectivity index (χ1n) is 7.48. The van der Waals surface area contributed by atoms with Crippen LogP contribution in [-0.4, -0.2) is 20.2 Å². The number of hydrogen-bond donors (Lipinski definition) is 0. The SMILES string of the molecule is CSc1cc2ccc3cccc4ccc(c1OS(=O)(=O)C(F)(F)F)c2c34. The van der Waals surface area contributed by atoms with Crippen LogP contribution in [0.4, 0.5) is 13.2 Å². The molecule has 4 rings (SSSR count). The summed E-state index contributed by atoms with van der Waals surface area (Å²) in [6.45, 7) is 0. The van der Waals surface area contributed by atoms with Crippen LogP contribution in [0, 0.1) is 0 Å². The fourth-order valence-electron chi connectivity index (χ4n) is 3.15. The third-order valence-corrected chi connectivity index (χ3v) is 5.96. The standard InChI is InChI=1S/C18H11F3O3S2/c1-25-14-9-12-6-5-10-3-2-4-11-7-8-13(16(12)15(10)11)17(14)24-26(22,23)18(19,20)21/h2-9H,1H3. The van der Waals surface area contributed by atoms with Crippen LogP contribution in [0.2, 0.25) is 0 Å². The minimum Gasteiger partial charge on any atom is -0.374 e. The van der Waals surface area contributed by atoms with Crippen LogP contribution in [0.25, 0.3) is 32.3 Å². The van der Waals surface area contributed by atoms with Crippen molar-refractivity contribution in [1.82, 2.24) is 0 Å². The van der Waals surface area contributed by atoms with Gasteiger partial charge in [0.2, 0.25) is 0 Å². The topological polar surface area (TPSA) is 43.4 Å². The molecule has 8 heteroatoms. The van der Waals surface area contributed by atoms with Crippen LogP contribution in [0.3, 0.4) is 0 Å².